The van der Waals surface area contributed by atoms with Crippen LogP contribution in [0, 0.1) is 0 Å². The molecule has 1 aromatic carbocycles. The van der Waals surface area contributed by atoms with Gasteiger partial charge in [-0.15, -0.1) is 0 Å². The number of carbonyl (C=O) groups is 1. The highest BCUT2D eigenvalue weighted by molar-refractivity contribution is 5.75. The van der Waals surface area contributed by atoms with Gasteiger partial charge in [0.2, 0.25) is 0 Å². The van der Waals surface area contributed by atoms with E-state index < -0.39 is 0 Å². The molecule has 2 aliphatic rings. The zero-order valence-electron chi connectivity index (χ0n) is 16.7. The standard InChI is InChI=1S/C21H26N4O4/c1-28-17-9-16(10-18(11-17)29-2)24-8-5-15(12-24)23-21(27)25-7-4-14-3-6-22-20(26)19(14)13-25/h3,6,9-11,15H,4-5,7-8,12-13H2,1-2H3,(H,22,26)(H,23,27). The molecule has 4 rings (SSSR count). The van der Waals surface area contributed by atoms with Crippen molar-refractivity contribution in [2.24, 2.45) is 0 Å². The van der Waals surface area contributed by atoms with Gasteiger partial charge >= 0.3 is 6.03 Å². The van der Waals surface area contributed by atoms with Gasteiger partial charge in [-0.05, 0) is 24.5 Å². The SMILES string of the molecule is COc1cc(OC)cc(N2CCC(NC(=O)N3CCc4cc[nH]c(=O)c4C3)C2)c1. The molecule has 0 spiro atoms. The second kappa shape index (κ2) is 8.06. The Balaban J connectivity index is 1.39. The van der Waals surface area contributed by atoms with E-state index >= 15 is 0 Å². The molecule has 8 nitrogen and oxygen atoms in total. The van der Waals surface area contributed by atoms with Crippen LogP contribution in [0.1, 0.15) is 17.5 Å². The van der Waals surface area contributed by atoms with E-state index in [0.29, 0.717) is 31.6 Å². The third kappa shape index (κ3) is 4.01. The first-order chi connectivity index (χ1) is 14.1. The molecule has 1 aromatic heterocycles. The molecule has 154 valence electrons. The summed E-state index contributed by atoms with van der Waals surface area (Å²) in [4.78, 5) is 31.4. The van der Waals surface area contributed by atoms with Crippen LogP contribution in [0.15, 0.2) is 35.3 Å². The lowest BCUT2D eigenvalue weighted by Gasteiger charge is -2.29. The maximum absolute atomic E-state index is 12.8. The highest BCUT2D eigenvalue weighted by Crippen LogP contribution is 2.30. The Kier molecular flexibility index (Phi) is 5.33. The van der Waals surface area contributed by atoms with Gasteiger partial charge in [0.1, 0.15) is 11.5 Å². The Bertz CT molecular complexity index is 936. The number of hydrogen-bond donors (Lipinski definition) is 2. The first-order valence-corrected chi connectivity index (χ1v) is 9.80. The highest BCUT2D eigenvalue weighted by Gasteiger charge is 2.28. The molecule has 2 aliphatic heterocycles. The topological polar surface area (TPSA) is 86.9 Å². The van der Waals surface area contributed by atoms with Gasteiger partial charge in [-0.3, -0.25) is 4.79 Å². The van der Waals surface area contributed by atoms with Crippen LogP contribution >= 0.6 is 0 Å². The summed E-state index contributed by atoms with van der Waals surface area (Å²) in [7, 11) is 3.26. The van der Waals surface area contributed by atoms with Crippen molar-refractivity contribution in [2.45, 2.75) is 25.4 Å². The predicted octanol–water partition coefficient (Wildman–Crippen LogP) is 1.74. The van der Waals surface area contributed by atoms with E-state index in [0.717, 1.165) is 35.7 Å². The molecule has 0 aliphatic carbocycles. The number of aromatic amines is 1. The minimum atomic E-state index is -0.117. The number of H-pyrrole nitrogens is 1. The minimum Gasteiger partial charge on any atom is -0.497 e. The molecule has 1 fully saturated rings. The van der Waals surface area contributed by atoms with Gasteiger partial charge in [0, 0.05) is 61.3 Å². The Morgan fingerprint density at radius 2 is 1.93 bits per heavy atom. The fourth-order valence-electron chi connectivity index (χ4n) is 4.01. The number of rotatable bonds is 4. The van der Waals surface area contributed by atoms with E-state index in [4.69, 9.17) is 9.47 Å². The zero-order chi connectivity index (χ0) is 20.4. The third-order valence-corrected chi connectivity index (χ3v) is 5.67. The number of nitrogens with one attached hydrogen (secondary N) is 2. The van der Waals surface area contributed by atoms with Gasteiger partial charge in [-0.2, -0.15) is 0 Å². The summed E-state index contributed by atoms with van der Waals surface area (Å²) in [6.45, 7) is 2.52. The zero-order valence-corrected chi connectivity index (χ0v) is 16.7. The van der Waals surface area contributed by atoms with Gasteiger partial charge < -0.3 is 29.6 Å². The molecule has 2 amide bonds. The van der Waals surface area contributed by atoms with Gasteiger partial charge in [-0.1, -0.05) is 0 Å². The van der Waals surface area contributed by atoms with Gasteiger partial charge in [0.15, 0.2) is 0 Å². The van der Waals surface area contributed by atoms with Crippen molar-refractivity contribution in [1.29, 1.82) is 0 Å². The quantitative estimate of drug-likeness (QED) is 0.819. The summed E-state index contributed by atoms with van der Waals surface area (Å²) in [6.07, 6.45) is 3.22. The number of benzene rings is 1. The number of nitrogens with zero attached hydrogens (tertiary/aromatic N) is 2. The summed E-state index contributed by atoms with van der Waals surface area (Å²) in [6, 6.07) is 7.64. The number of anilines is 1. The molecule has 0 saturated carbocycles. The fourth-order valence-corrected chi connectivity index (χ4v) is 4.01. The largest absolute Gasteiger partial charge is 0.497 e. The molecule has 0 bridgehead atoms. The lowest BCUT2D eigenvalue weighted by molar-refractivity contribution is 0.189. The number of urea groups is 1. The molecular formula is C21H26N4O4. The predicted molar refractivity (Wildman–Crippen MR) is 110 cm³/mol. The Labute approximate surface area is 169 Å². The molecule has 8 heteroatoms. The van der Waals surface area contributed by atoms with Crippen molar-refractivity contribution < 1.29 is 14.3 Å². The summed E-state index contributed by atoms with van der Waals surface area (Å²) in [5, 5.41) is 3.13. The second-order valence-electron chi connectivity index (χ2n) is 7.43. The molecule has 3 heterocycles. The molecule has 2 aromatic rings. The van der Waals surface area contributed by atoms with E-state index in [1.807, 2.05) is 24.3 Å². The van der Waals surface area contributed by atoms with E-state index in [-0.39, 0.29) is 17.6 Å². The van der Waals surface area contributed by atoms with Crippen LogP contribution < -0.4 is 25.2 Å². The van der Waals surface area contributed by atoms with Crippen LogP contribution in [0.4, 0.5) is 10.5 Å². The summed E-state index contributed by atoms with van der Waals surface area (Å²) in [5.74, 6) is 1.48. The first kappa shape index (κ1) is 19.2. The van der Waals surface area contributed by atoms with Crippen molar-refractivity contribution in [3.63, 3.8) is 0 Å². The Morgan fingerprint density at radius 1 is 1.17 bits per heavy atom. The normalized spacial score (nSPS) is 18.3. The van der Waals surface area contributed by atoms with Crippen LogP contribution in [0.25, 0.3) is 0 Å². The molecular weight excluding hydrogens is 372 g/mol. The summed E-state index contributed by atoms with van der Waals surface area (Å²) >= 11 is 0. The van der Waals surface area contributed by atoms with E-state index in [1.54, 1.807) is 25.3 Å². The van der Waals surface area contributed by atoms with E-state index in [2.05, 4.69) is 15.2 Å². The molecule has 1 saturated heterocycles. The van der Waals surface area contributed by atoms with Gasteiger partial charge in [-0.25, -0.2) is 4.79 Å². The highest BCUT2D eigenvalue weighted by atomic mass is 16.5. The summed E-state index contributed by atoms with van der Waals surface area (Å²) < 4.78 is 10.7. The number of fused-ring (bicyclic) bond motifs is 1. The van der Waals surface area contributed by atoms with Crippen molar-refractivity contribution in [3.05, 3.63) is 51.9 Å². The fraction of sp³-hybridized carbons (Fsp3) is 0.429. The average Bonchev–Trinajstić information content (AvgIpc) is 3.22. The van der Waals surface area contributed by atoms with Crippen molar-refractivity contribution in [2.75, 3.05) is 38.8 Å². The number of methoxy groups -OCH3 is 2. The minimum absolute atomic E-state index is 0.0511. The van der Waals surface area contributed by atoms with Crippen molar-refractivity contribution in [3.8, 4) is 11.5 Å². The first-order valence-electron chi connectivity index (χ1n) is 9.80. The summed E-state index contributed by atoms with van der Waals surface area (Å²) in [5.41, 5.74) is 2.61. The molecule has 1 unspecified atom stereocenters. The second-order valence-corrected chi connectivity index (χ2v) is 7.43. The maximum Gasteiger partial charge on any atom is 0.317 e. The van der Waals surface area contributed by atoms with Crippen molar-refractivity contribution in [1.82, 2.24) is 15.2 Å². The smallest absolute Gasteiger partial charge is 0.317 e. The molecule has 1 atom stereocenters. The van der Waals surface area contributed by atoms with Crippen LogP contribution in [0.5, 0.6) is 11.5 Å². The van der Waals surface area contributed by atoms with Crippen LogP contribution in [-0.2, 0) is 13.0 Å². The number of pyridine rings is 1. The maximum atomic E-state index is 12.8. The third-order valence-electron chi connectivity index (χ3n) is 5.67. The number of aromatic nitrogens is 1. The molecule has 0 radical (unpaired) electrons. The van der Waals surface area contributed by atoms with E-state index in [1.165, 1.54) is 0 Å². The number of carbonyl (C=O) groups excluding carboxylic acids is 1. The molecule has 29 heavy (non-hydrogen) atoms. The Morgan fingerprint density at radius 3 is 2.66 bits per heavy atom. The average molecular weight is 398 g/mol. The van der Waals surface area contributed by atoms with Gasteiger partial charge in [0.25, 0.3) is 5.56 Å². The lowest BCUT2D eigenvalue weighted by atomic mass is 10.0. The van der Waals surface area contributed by atoms with Gasteiger partial charge in [0.05, 0.1) is 20.8 Å². The van der Waals surface area contributed by atoms with Crippen LogP contribution in [-0.4, -0.2) is 55.8 Å². The Hall–Kier alpha value is -3.16. The van der Waals surface area contributed by atoms with Crippen LogP contribution in [0.2, 0.25) is 0 Å². The van der Waals surface area contributed by atoms with Crippen molar-refractivity contribution >= 4 is 11.7 Å². The molecule has 2 N–H and O–H groups in total. The number of ether oxygens (including phenoxy) is 2. The van der Waals surface area contributed by atoms with E-state index in [9.17, 15) is 9.59 Å². The number of hydrogen-bond acceptors (Lipinski definition) is 5. The number of amides is 2. The van der Waals surface area contributed by atoms with Crippen LogP contribution in [0.3, 0.4) is 0 Å². The lowest BCUT2D eigenvalue weighted by Crippen LogP contribution is -2.48. The monoisotopic (exact) mass is 398 g/mol.